The Labute approximate surface area is 218 Å². The van der Waals surface area contributed by atoms with E-state index in [0.29, 0.717) is 11.5 Å². The number of aromatic nitrogens is 4. The SMILES string of the molecule is CN[C@@H](C)C(=O)Nc1c(Cc2cncc(-n3ccc4cc(F)ccc43)c2)nc(-c2ccccc2C)[nH]c1=O. The smallest absolute Gasteiger partial charge is 0.275 e. The summed E-state index contributed by atoms with van der Waals surface area (Å²) in [6.45, 7) is 3.65. The van der Waals surface area contributed by atoms with Crippen molar-refractivity contribution in [2.45, 2.75) is 26.3 Å². The average Bonchev–Trinajstić information content (AvgIpc) is 3.33. The van der Waals surface area contributed by atoms with Crippen LogP contribution in [0.3, 0.4) is 0 Å². The molecule has 2 aromatic carbocycles. The molecule has 5 rings (SSSR count). The highest BCUT2D eigenvalue weighted by molar-refractivity contribution is 5.95. The van der Waals surface area contributed by atoms with Gasteiger partial charge in [-0.1, -0.05) is 24.3 Å². The number of benzene rings is 2. The molecule has 1 atom stereocenters. The van der Waals surface area contributed by atoms with Crippen molar-refractivity contribution in [2.75, 3.05) is 12.4 Å². The van der Waals surface area contributed by atoms with Gasteiger partial charge in [-0.25, -0.2) is 9.37 Å². The van der Waals surface area contributed by atoms with Gasteiger partial charge in [0, 0.05) is 29.8 Å². The van der Waals surface area contributed by atoms with E-state index in [-0.39, 0.29) is 23.8 Å². The van der Waals surface area contributed by atoms with Gasteiger partial charge in [0.2, 0.25) is 5.91 Å². The van der Waals surface area contributed by atoms with Gasteiger partial charge in [-0.3, -0.25) is 14.6 Å². The number of pyridine rings is 1. The van der Waals surface area contributed by atoms with Crippen molar-refractivity contribution < 1.29 is 9.18 Å². The number of likely N-dealkylation sites (N-methyl/N-ethyl adjacent to an activating group) is 1. The number of halogens is 1. The zero-order chi connectivity index (χ0) is 26.8. The fourth-order valence-electron chi connectivity index (χ4n) is 4.34. The van der Waals surface area contributed by atoms with Crippen molar-refractivity contribution in [3.63, 3.8) is 0 Å². The van der Waals surface area contributed by atoms with Crippen LogP contribution in [0.15, 0.2) is 78.0 Å². The molecule has 0 spiro atoms. The topological polar surface area (TPSA) is 105 Å². The van der Waals surface area contributed by atoms with E-state index in [1.807, 2.05) is 54.1 Å². The number of rotatable bonds is 7. The average molecular weight is 511 g/mol. The number of carbonyl (C=O) groups excluding carboxylic acids is 1. The lowest BCUT2D eigenvalue weighted by molar-refractivity contribution is -0.117. The van der Waals surface area contributed by atoms with E-state index >= 15 is 0 Å². The van der Waals surface area contributed by atoms with E-state index in [1.165, 1.54) is 12.1 Å². The van der Waals surface area contributed by atoms with Gasteiger partial charge in [-0.05, 0) is 62.4 Å². The Morgan fingerprint density at radius 3 is 2.74 bits per heavy atom. The molecule has 0 fully saturated rings. The van der Waals surface area contributed by atoms with Gasteiger partial charge >= 0.3 is 0 Å². The second-order valence-corrected chi connectivity index (χ2v) is 9.17. The van der Waals surface area contributed by atoms with Crippen molar-refractivity contribution in [3.05, 3.63) is 106 Å². The molecular weight excluding hydrogens is 483 g/mol. The van der Waals surface area contributed by atoms with Crippen LogP contribution in [0.1, 0.15) is 23.7 Å². The minimum Gasteiger partial charge on any atom is -0.319 e. The molecule has 5 aromatic rings. The van der Waals surface area contributed by atoms with Gasteiger partial charge in [0.15, 0.2) is 0 Å². The van der Waals surface area contributed by atoms with Crippen LogP contribution in [0.4, 0.5) is 10.1 Å². The summed E-state index contributed by atoms with van der Waals surface area (Å²) in [6, 6.07) is 15.5. The summed E-state index contributed by atoms with van der Waals surface area (Å²) in [6.07, 6.45) is 5.53. The Hall–Kier alpha value is -4.63. The van der Waals surface area contributed by atoms with Crippen molar-refractivity contribution in [2.24, 2.45) is 0 Å². The molecule has 0 saturated carbocycles. The second kappa shape index (κ2) is 10.4. The lowest BCUT2D eigenvalue weighted by atomic mass is 10.1. The largest absolute Gasteiger partial charge is 0.319 e. The number of hydrogen-bond donors (Lipinski definition) is 3. The van der Waals surface area contributed by atoms with E-state index < -0.39 is 11.6 Å². The summed E-state index contributed by atoms with van der Waals surface area (Å²) in [5.74, 6) is -0.220. The van der Waals surface area contributed by atoms with Crippen molar-refractivity contribution >= 4 is 22.5 Å². The molecule has 3 N–H and O–H groups in total. The zero-order valence-corrected chi connectivity index (χ0v) is 21.2. The Morgan fingerprint density at radius 1 is 1.13 bits per heavy atom. The molecule has 0 aliphatic heterocycles. The normalized spacial score (nSPS) is 12.0. The predicted molar refractivity (Wildman–Crippen MR) is 146 cm³/mol. The molecular formula is C29H27FN6O2. The molecule has 8 nitrogen and oxygen atoms in total. The zero-order valence-electron chi connectivity index (χ0n) is 21.2. The minimum atomic E-state index is -0.504. The van der Waals surface area contributed by atoms with Crippen LogP contribution in [0.5, 0.6) is 0 Å². The number of H-pyrrole nitrogens is 1. The molecule has 192 valence electrons. The first-order valence-electron chi connectivity index (χ1n) is 12.2. The van der Waals surface area contributed by atoms with Gasteiger partial charge in [0.05, 0.1) is 29.1 Å². The standard InChI is InChI=1S/C29H27FN6O2/c1-17-6-4-5-7-23(17)27-33-24(26(29(38)35-27)34-28(37)18(2)31-3)13-19-12-22(16-32-15-19)36-11-10-20-14-21(30)8-9-25(20)36/h4-12,14-16,18,31H,13H2,1-3H3,(H,34,37)(H,33,35,38)/t18-/m0/s1. The highest BCUT2D eigenvalue weighted by atomic mass is 19.1. The van der Waals surface area contributed by atoms with Crippen molar-refractivity contribution in [1.29, 1.82) is 0 Å². The van der Waals surface area contributed by atoms with Crippen LogP contribution in [-0.2, 0) is 11.2 Å². The van der Waals surface area contributed by atoms with E-state index in [9.17, 15) is 14.0 Å². The molecule has 0 radical (unpaired) electrons. The molecule has 0 aliphatic carbocycles. The maximum absolute atomic E-state index is 13.7. The van der Waals surface area contributed by atoms with Crippen molar-refractivity contribution in [3.8, 4) is 17.1 Å². The Bertz CT molecular complexity index is 1710. The molecule has 1 amide bonds. The first kappa shape index (κ1) is 25.0. The van der Waals surface area contributed by atoms with Gasteiger partial charge in [-0.15, -0.1) is 0 Å². The quantitative estimate of drug-likeness (QED) is 0.302. The third-order valence-electron chi connectivity index (χ3n) is 6.55. The van der Waals surface area contributed by atoms with Crippen LogP contribution in [-0.4, -0.2) is 38.5 Å². The summed E-state index contributed by atoms with van der Waals surface area (Å²) < 4.78 is 15.6. The summed E-state index contributed by atoms with van der Waals surface area (Å²) in [5, 5.41) is 6.40. The first-order chi connectivity index (χ1) is 18.3. The van der Waals surface area contributed by atoms with Crippen LogP contribution in [0, 0.1) is 12.7 Å². The molecule has 0 aliphatic rings. The maximum Gasteiger partial charge on any atom is 0.275 e. The van der Waals surface area contributed by atoms with Crippen LogP contribution in [0.25, 0.3) is 28.0 Å². The van der Waals surface area contributed by atoms with Crippen LogP contribution < -0.4 is 16.2 Å². The maximum atomic E-state index is 13.7. The van der Waals surface area contributed by atoms with E-state index in [0.717, 1.165) is 33.3 Å². The molecule has 0 saturated heterocycles. The molecule has 38 heavy (non-hydrogen) atoms. The predicted octanol–water partition coefficient (Wildman–Crippen LogP) is 4.36. The number of fused-ring (bicyclic) bond motifs is 1. The Morgan fingerprint density at radius 2 is 1.95 bits per heavy atom. The van der Waals surface area contributed by atoms with Gasteiger partial charge in [-0.2, -0.15) is 0 Å². The third kappa shape index (κ3) is 4.96. The Kier molecular flexibility index (Phi) is 6.85. The Balaban J connectivity index is 1.57. The minimum absolute atomic E-state index is 0.0988. The number of aromatic amines is 1. The summed E-state index contributed by atoms with van der Waals surface area (Å²) in [7, 11) is 1.67. The third-order valence-corrected chi connectivity index (χ3v) is 6.55. The fraction of sp³-hybridized carbons (Fsp3) is 0.172. The van der Waals surface area contributed by atoms with Gasteiger partial charge in [0.1, 0.15) is 17.3 Å². The highest BCUT2D eigenvalue weighted by Gasteiger charge is 2.19. The molecule has 3 aromatic heterocycles. The van der Waals surface area contributed by atoms with E-state index in [2.05, 4.69) is 20.6 Å². The molecule has 3 heterocycles. The highest BCUT2D eigenvalue weighted by Crippen LogP contribution is 2.24. The monoisotopic (exact) mass is 510 g/mol. The van der Waals surface area contributed by atoms with Crippen LogP contribution in [0.2, 0.25) is 0 Å². The first-order valence-corrected chi connectivity index (χ1v) is 12.2. The number of carbonyl (C=O) groups is 1. The van der Waals surface area contributed by atoms with Gasteiger partial charge < -0.3 is 20.2 Å². The van der Waals surface area contributed by atoms with Crippen LogP contribution >= 0.6 is 0 Å². The number of anilines is 1. The summed E-state index contributed by atoms with van der Waals surface area (Å²) >= 11 is 0. The van der Waals surface area contributed by atoms with E-state index in [4.69, 9.17) is 4.98 Å². The molecule has 0 bridgehead atoms. The number of aryl methyl sites for hydroxylation is 1. The molecule has 0 unspecified atom stereocenters. The summed E-state index contributed by atoms with van der Waals surface area (Å²) in [4.78, 5) is 37.9. The van der Waals surface area contributed by atoms with Crippen molar-refractivity contribution in [1.82, 2.24) is 24.8 Å². The fourth-order valence-corrected chi connectivity index (χ4v) is 4.34. The van der Waals surface area contributed by atoms with Gasteiger partial charge in [0.25, 0.3) is 5.56 Å². The summed E-state index contributed by atoms with van der Waals surface area (Å²) in [5.41, 5.74) is 4.25. The number of amides is 1. The number of nitrogens with one attached hydrogen (secondary N) is 3. The lowest BCUT2D eigenvalue weighted by Crippen LogP contribution is -2.37. The second-order valence-electron chi connectivity index (χ2n) is 9.17. The number of hydrogen-bond acceptors (Lipinski definition) is 5. The number of nitrogens with zero attached hydrogens (tertiary/aromatic N) is 3. The molecule has 9 heteroatoms. The van der Waals surface area contributed by atoms with E-state index in [1.54, 1.807) is 32.4 Å². The lowest BCUT2D eigenvalue weighted by Gasteiger charge is -2.15.